The first kappa shape index (κ1) is 27.2. The summed E-state index contributed by atoms with van der Waals surface area (Å²) in [7, 11) is 1.45. The van der Waals surface area contributed by atoms with Crippen molar-refractivity contribution in [2.75, 3.05) is 35.7 Å². The fourth-order valence-corrected chi connectivity index (χ4v) is 3.29. The number of anilines is 4. The number of aromatic nitrogens is 2. The highest BCUT2D eigenvalue weighted by molar-refractivity contribution is 6.01. The van der Waals surface area contributed by atoms with Gasteiger partial charge in [-0.25, -0.2) is 18.2 Å². The summed E-state index contributed by atoms with van der Waals surface area (Å²) in [6.07, 6.45) is 0.726. The number of carbonyl (C=O) groups is 2. The number of hydrogen-bond donors (Lipinski definition) is 3. The fraction of sp³-hybridized carbons (Fsp3) is 0.231. The van der Waals surface area contributed by atoms with Crippen LogP contribution in [-0.2, 0) is 4.79 Å². The number of rotatable bonds is 11. The van der Waals surface area contributed by atoms with E-state index in [0.717, 1.165) is 16.5 Å². The average Bonchev–Trinajstić information content (AvgIpc) is 2.90. The molecule has 8 nitrogen and oxygen atoms in total. The number of likely N-dealkylation sites (N-methyl/N-ethyl adjacent to an activating group) is 1. The molecule has 0 radical (unpaired) electrons. The van der Waals surface area contributed by atoms with Gasteiger partial charge in [-0.3, -0.25) is 9.59 Å². The Hall–Kier alpha value is -4.41. The van der Waals surface area contributed by atoms with Crippen molar-refractivity contribution in [2.45, 2.75) is 19.8 Å². The fourth-order valence-electron chi connectivity index (χ4n) is 3.29. The molecule has 0 bridgehead atoms. The van der Waals surface area contributed by atoms with Gasteiger partial charge in [-0.2, -0.15) is 4.98 Å². The SMILES string of the molecule is C=CC(=O)N(C)c1cc(Nc2ncc(C)c(NCCCNC(=O)c3ccc(C(F)F)cc3)n2)ccc1F. The van der Waals surface area contributed by atoms with Crippen molar-refractivity contribution in [3.05, 3.63) is 83.8 Å². The molecule has 0 aliphatic rings. The van der Waals surface area contributed by atoms with Gasteiger partial charge in [0.1, 0.15) is 11.6 Å². The largest absolute Gasteiger partial charge is 0.370 e. The van der Waals surface area contributed by atoms with Gasteiger partial charge in [-0.1, -0.05) is 18.7 Å². The minimum atomic E-state index is -2.58. The lowest BCUT2D eigenvalue weighted by Crippen LogP contribution is -2.26. The van der Waals surface area contributed by atoms with Gasteiger partial charge in [-0.05, 0) is 49.8 Å². The van der Waals surface area contributed by atoms with Crippen LogP contribution in [0.2, 0.25) is 0 Å². The molecule has 0 aliphatic heterocycles. The Morgan fingerprint density at radius 3 is 2.54 bits per heavy atom. The van der Waals surface area contributed by atoms with Crippen molar-refractivity contribution in [1.82, 2.24) is 15.3 Å². The first-order valence-corrected chi connectivity index (χ1v) is 11.4. The third kappa shape index (κ3) is 7.29. The molecule has 0 aliphatic carbocycles. The third-order valence-corrected chi connectivity index (χ3v) is 5.40. The third-order valence-electron chi connectivity index (χ3n) is 5.40. The van der Waals surface area contributed by atoms with E-state index in [9.17, 15) is 22.8 Å². The summed E-state index contributed by atoms with van der Waals surface area (Å²) in [6, 6.07) is 9.41. The zero-order valence-corrected chi connectivity index (χ0v) is 20.4. The van der Waals surface area contributed by atoms with E-state index in [0.29, 0.717) is 36.6 Å². The van der Waals surface area contributed by atoms with Crippen LogP contribution in [0.1, 0.15) is 34.3 Å². The molecule has 3 N–H and O–H groups in total. The summed E-state index contributed by atoms with van der Waals surface area (Å²) in [6.45, 7) is 6.11. The maximum absolute atomic E-state index is 14.2. The van der Waals surface area contributed by atoms with Gasteiger partial charge in [-0.15, -0.1) is 0 Å². The van der Waals surface area contributed by atoms with Gasteiger partial charge in [0.25, 0.3) is 12.3 Å². The zero-order valence-electron chi connectivity index (χ0n) is 20.4. The lowest BCUT2D eigenvalue weighted by Gasteiger charge is -2.17. The highest BCUT2D eigenvalue weighted by Crippen LogP contribution is 2.25. The molecule has 2 amide bonds. The first-order chi connectivity index (χ1) is 17.7. The second-order valence-electron chi connectivity index (χ2n) is 8.08. The van der Waals surface area contributed by atoms with Gasteiger partial charge >= 0.3 is 0 Å². The van der Waals surface area contributed by atoms with Gasteiger partial charge in [0.2, 0.25) is 11.9 Å². The van der Waals surface area contributed by atoms with Crippen LogP contribution >= 0.6 is 0 Å². The Morgan fingerprint density at radius 2 is 1.86 bits per heavy atom. The quantitative estimate of drug-likeness (QED) is 0.247. The molecular weight excluding hydrogens is 485 g/mol. The number of halogens is 3. The molecule has 0 atom stereocenters. The lowest BCUT2D eigenvalue weighted by atomic mass is 10.1. The van der Waals surface area contributed by atoms with Crippen LogP contribution in [0.4, 0.5) is 36.3 Å². The molecular formula is C26H27F3N6O2. The van der Waals surface area contributed by atoms with E-state index in [4.69, 9.17) is 0 Å². The molecule has 1 heterocycles. The maximum Gasteiger partial charge on any atom is 0.263 e. The summed E-state index contributed by atoms with van der Waals surface area (Å²) >= 11 is 0. The number of benzene rings is 2. The highest BCUT2D eigenvalue weighted by atomic mass is 19.3. The number of aryl methyl sites for hydroxylation is 1. The van der Waals surface area contributed by atoms with Crippen LogP contribution < -0.4 is 20.9 Å². The normalized spacial score (nSPS) is 10.6. The number of carbonyl (C=O) groups excluding carboxylic acids is 2. The first-order valence-electron chi connectivity index (χ1n) is 11.4. The number of nitrogens with one attached hydrogen (secondary N) is 3. The summed E-state index contributed by atoms with van der Waals surface area (Å²) in [4.78, 5) is 33.9. The number of alkyl halides is 2. The summed E-state index contributed by atoms with van der Waals surface area (Å²) < 4.78 is 39.5. The highest BCUT2D eigenvalue weighted by Gasteiger charge is 2.14. The van der Waals surface area contributed by atoms with Crippen LogP contribution in [0.15, 0.2) is 61.3 Å². The van der Waals surface area contributed by atoms with Crippen molar-refractivity contribution in [3.8, 4) is 0 Å². The van der Waals surface area contributed by atoms with E-state index in [1.165, 1.54) is 49.5 Å². The topological polar surface area (TPSA) is 99.3 Å². The predicted octanol–water partition coefficient (Wildman–Crippen LogP) is 4.99. The van der Waals surface area contributed by atoms with Crippen molar-refractivity contribution in [1.29, 1.82) is 0 Å². The van der Waals surface area contributed by atoms with Gasteiger partial charge in [0.15, 0.2) is 0 Å². The molecule has 37 heavy (non-hydrogen) atoms. The number of hydrogen-bond acceptors (Lipinski definition) is 6. The molecule has 0 fully saturated rings. The maximum atomic E-state index is 14.2. The Kier molecular flexibility index (Phi) is 9.20. The van der Waals surface area contributed by atoms with E-state index in [1.807, 2.05) is 6.92 Å². The van der Waals surface area contributed by atoms with Crippen LogP contribution in [0.3, 0.4) is 0 Å². The molecule has 2 aromatic carbocycles. The second kappa shape index (κ2) is 12.5. The van der Waals surface area contributed by atoms with Crippen LogP contribution in [-0.4, -0.2) is 41.9 Å². The van der Waals surface area contributed by atoms with Crippen LogP contribution in [0.25, 0.3) is 0 Å². The monoisotopic (exact) mass is 512 g/mol. The van der Waals surface area contributed by atoms with Crippen molar-refractivity contribution < 1.29 is 22.8 Å². The second-order valence-corrected chi connectivity index (χ2v) is 8.08. The van der Waals surface area contributed by atoms with Crippen molar-refractivity contribution in [3.63, 3.8) is 0 Å². The molecule has 3 rings (SSSR count). The molecule has 3 aromatic rings. The number of nitrogens with zero attached hydrogens (tertiary/aromatic N) is 3. The standard InChI is InChI=1S/C26H27F3N6O2/c1-4-22(36)35(3)21-14-19(10-11-20(21)27)33-26-32-15-16(2)24(34-26)30-12-5-13-31-25(37)18-8-6-17(7-9-18)23(28)29/h4,6-11,14-15,23H,1,5,12-13H2,2-3H3,(H,31,37)(H2,30,32,33,34). The van der Waals surface area contributed by atoms with E-state index < -0.39 is 18.1 Å². The van der Waals surface area contributed by atoms with Crippen LogP contribution in [0.5, 0.6) is 0 Å². The molecule has 0 unspecified atom stereocenters. The van der Waals surface area contributed by atoms with E-state index in [2.05, 4.69) is 32.5 Å². The minimum Gasteiger partial charge on any atom is -0.370 e. The minimum absolute atomic E-state index is 0.0763. The van der Waals surface area contributed by atoms with Crippen molar-refractivity contribution >= 4 is 35.0 Å². The summed E-state index contributed by atoms with van der Waals surface area (Å²) in [5.41, 5.74) is 1.53. The van der Waals surface area contributed by atoms with Gasteiger partial charge in [0.05, 0.1) is 5.69 Å². The molecule has 194 valence electrons. The Bertz CT molecular complexity index is 1270. The molecule has 0 saturated carbocycles. The van der Waals surface area contributed by atoms with Crippen molar-refractivity contribution in [2.24, 2.45) is 0 Å². The zero-order chi connectivity index (χ0) is 26.9. The molecule has 11 heteroatoms. The van der Waals surface area contributed by atoms with E-state index in [-0.39, 0.29) is 23.1 Å². The molecule has 0 saturated heterocycles. The number of amides is 2. The Balaban J connectivity index is 1.54. The molecule has 0 spiro atoms. The van der Waals surface area contributed by atoms with Crippen LogP contribution in [0, 0.1) is 12.7 Å². The molecule has 1 aromatic heterocycles. The van der Waals surface area contributed by atoms with E-state index in [1.54, 1.807) is 6.20 Å². The average molecular weight is 513 g/mol. The smallest absolute Gasteiger partial charge is 0.263 e. The predicted molar refractivity (Wildman–Crippen MR) is 137 cm³/mol. The Morgan fingerprint density at radius 1 is 1.14 bits per heavy atom. The van der Waals surface area contributed by atoms with E-state index >= 15 is 0 Å². The Labute approximate surface area is 212 Å². The summed E-state index contributed by atoms with van der Waals surface area (Å²) in [5.74, 6) is -0.510. The van der Waals surface area contributed by atoms with Gasteiger partial charge < -0.3 is 20.9 Å². The lowest BCUT2D eigenvalue weighted by molar-refractivity contribution is -0.113. The summed E-state index contributed by atoms with van der Waals surface area (Å²) in [5, 5.41) is 8.93. The van der Waals surface area contributed by atoms with Gasteiger partial charge in [0, 0.05) is 48.7 Å².